The molecule has 0 aliphatic rings. The Morgan fingerprint density at radius 1 is 1.38 bits per heavy atom. The van der Waals surface area contributed by atoms with Gasteiger partial charge in [0.25, 0.3) is 0 Å². The normalized spacial score (nSPS) is 10.5. The zero-order valence-electron chi connectivity index (χ0n) is 8.30. The molecule has 0 saturated carbocycles. The molecule has 0 amide bonds. The Morgan fingerprint density at radius 3 is 2.62 bits per heavy atom. The van der Waals surface area contributed by atoms with Gasteiger partial charge in [-0.25, -0.2) is 4.39 Å². The molecule has 0 saturated heterocycles. The van der Waals surface area contributed by atoms with Crippen LogP contribution in [0.3, 0.4) is 0 Å². The van der Waals surface area contributed by atoms with E-state index in [0.29, 0.717) is 18.3 Å². The summed E-state index contributed by atoms with van der Waals surface area (Å²) in [5, 5.41) is 0. The van der Waals surface area contributed by atoms with Gasteiger partial charge in [0.1, 0.15) is 0 Å². The van der Waals surface area contributed by atoms with Crippen LogP contribution in [0.4, 0.5) is 4.39 Å². The highest BCUT2D eigenvalue weighted by molar-refractivity contribution is 5.31. The van der Waals surface area contributed by atoms with E-state index in [9.17, 15) is 4.39 Å². The first kappa shape index (κ1) is 10.0. The van der Waals surface area contributed by atoms with Crippen LogP contribution in [0.5, 0.6) is 5.75 Å². The second kappa shape index (κ2) is 4.26. The smallest absolute Gasteiger partial charge is 0.165 e. The minimum Gasteiger partial charge on any atom is -0.491 e. The van der Waals surface area contributed by atoms with Gasteiger partial charge >= 0.3 is 0 Å². The molecule has 0 unspecified atom stereocenters. The molecule has 1 rings (SSSR count). The van der Waals surface area contributed by atoms with E-state index < -0.39 is 0 Å². The average Bonchev–Trinajstić information content (AvgIpc) is 2.08. The predicted molar refractivity (Wildman–Crippen MR) is 51.7 cm³/mol. The Kier molecular flexibility index (Phi) is 3.29. The van der Waals surface area contributed by atoms with E-state index in [1.54, 1.807) is 12.1 Å². The van der Waals surface area contributed by atoms with Gasteiger partial charge in [0.05, 0.1) is 6.61 Å². The van der Waals surface area contributed by atoms with Gasteiger partial charge in [-0.1, -0.05) is 19.9 Å². The number of rotatable bonds is 3. The third kappa shape index (κ3) is 2.44. The highest BCUT2D eigenvalue weighted by Crippen LogP contribution is 2.23. The zero-order valence-corrected chi connectivity index (χ0v) is 8.30. The monoisotopic (exact) mass is 182 g/mol. The molecule has 0 fully saturated rings. The predicted octanol–water partition coefficient (Wildman–Crippen LogP) is 3.35. The van der Waals surface area contributed by atoms with Crippen LogP contribution in [0, 0.1) is 5.82 Å². The average molecular weight is 182 g/mol. The number of benzene rings is 1. The van der Waals surface area contributed by atoms with Gasteiger partial charge in [-0.3, -0.25) is 0 Å². The maximum atomic E-state index is 13.1. The molecule has 1 nitrogen and oxygen atoms in total. The molecule has 0 bridgehead atoms. The minimum absolute atomic E-state index is 0.286. The van der Waals surface area contributed by atoms with Gasteiger partial charge in [0, 0.05) is 0 Å². The number of halogens is 1. The summed E-state index contributed by atoms with van der Waals surface area (Å²) in [7, 11) is 0. The van der Waals surface area contributed by atoms with Crippen LogP contribution >= 0.6 is 0 Å². The summed E-state index contributed by atoms with van der Waals surface area (Å²) in [4.78, 5) is 0. The van der Waals surface area contributed by atoms with Crippen LogP contribution in [-0.2, 0) is 0 Å². The van der Waals surface area contributed by atoms with Crippen LogP contribution < -0.4 is 4.74 Å². The van der Waals surface area contributed by atoms with Gasteiger partial charge in [-0.2, -0.15) is 0 Å². The van der Waals surface area contributed by atoms with Gasteiger partial charge in [-0.05, 0) is 30.5 Å². The second-order valence-electron chi connectivity index (χ2n) is 3.28. The molecule has 2 heteroatoms. The molecule has 0 heterocycles. The summed E-state index contributed by atoms with van der Waals surface area (Å²) in [6, 6.07) is 5.02. The first-order valence-electron chi connectivity index (χ1n) is 4.57. The van der Waals surface area contributed by atoms with Crippen molar-refractivity contribution in [2.45, 2.75) is 26.7 Å². The van der Waals surface area contributed by atoms with Gasteiger partial charge in [-0.15, -0.1) is 0 Å². The second-order valence-corrected chi connectivity index (χ2v) is 3.28. The number of ether oxygens (including phenoxy) is 1. The topological polar surface area (TPSA) is 9.23 Å². The van der Waals surface area contributed by atoms with Crippen molar-refractivity contribution in [3.63, 3.8) is 0 Å². The Labute approximate surface area is 78.5 Å². The molecular formula is C11H15FO. The maximum absolute atomic E-state index is 13.1. The molecule has 0 aliphatic carbocycles. The molecule has 0 radical (unpaired) electrons. The Morgan fingerprint density at radius 2 is 2.08 bits per heavy atom. The van der Waals surface area contributed by atoms with Gasteiger partial charge in [0.15, 0.2) is 11.6 Å². The molecule has 0 aromatic heterocycles. The SMILES string of the molecule is CCOc1cc(C(C)C)ccc1F. The van der Waals surface area contributed by atoms with Crippen LogP contribution in [0.1, 0.15) is 32.3 Å². The number of hydrogen-bond acceptors (Lipinski definition) is 1. The third-order valence-corrected chi connectivity index (χ3v) is 1.92. The third-order valence-electron chi connectivity index (χ3n) is 1.92. The molecule has 0 aliphatic heterocycles. The van der Waals surface area contributed by atoms with Crippen molar-refractivity contribution in [2.75, 3.05) is 6.61 Å². The summed E-state index contributed by atoms with van der Waals surface area (Å²) in [6.07, 6.45) is 0. The van der Waals surface area contributed by atoms with Crippen molar-refractivity contribution in [1.82, 2.24) is 0 Å². The lowest BCUT2D eigenvalue weighted by Gasteiger charge is -2.09. The molecular weight excluding hydrogens is 167 g/mol. The van der Waals surface area contributed by atoms with Crippen molar-refractivity contribution in [3.05, 3.63) is 29.6 Å². The molecule has 1 aromatic carbocycles. The highest BCUT2D eigenvalue weighted by Gasteiger charge is 2.06. The van der Waals surface area contributed by atoms with Crippen molar-refractivity contribution in [2.24, 2.45) is 0 Å². The summed E-state index contributed by atoms with van der Waals surface area (Å²) in [5.41, 5.74) is 1.10. The first-order chi connectivity index (χ1) is 6.15. The fourth-order valence-electron chi connectivity index (χ4n) is 1.15. The van der Waals surface area contributed by atoms with Crippen molar-refractivity contribution in [1.29, 1.82) is 0 Å². The maximum Gasteiger partial charge on any atom is 0.165 e. The van der Waals surface area contributed by atoms with Gasteiger partial charge < -0.3 is 4.74 Å². The van der Waals surface area contributed by atoms with Crippen molar-refractivity contribution < 1.29 is 9.13 Å². The lowest BCUT2D eigenvalue weighted by Crippen LogP contribution is -1.96. The summed E-state index contributed by atoms with van der Waals surface area (Å²) in [6.45, 7) is 6.49. The largest absolute Gasteiger partial charge is 0.491 e. The van der Waals surface area contributed by atoms with E-state index in [0.717, 1.165) is 5.56 Å². The fourth-order valence-corrected chi connectivity index (χ4v) is 1.15. The van der Waals surface area contributed by atoms with Crippen LogP contribution in [0.15, 0.2) is 18.2 Å². The van der Waals surface area contributed by atoms with E-state index in [-0.39, 0.29) is 5.82 Å². The molecule has 1 aromatic rings. The Balaban J connectivity index is 2.97. The Hall–Kier alpha value is -1.05. The van der Waals surface area contributed by atoms with E-state index in [4.69, 9.17) is 4.74 Å². The van der Waals surface area contributed by atoms with Crippen LogP contribution in [0.25, 0.3) is 0 Å². The van der Waals surface area contributed by atoms with Gasteiger partial charge in [0.2, 0.25) is 0 Å². The van der Waals surface area contributed by atoms with E-state index in [1.807, 2.05) is 6.92 Å². The van der Waals surface area contributed by atoms with Crippen molar-refractivity contribution in [3.8, 4) is 5.75 Å². The summed E-state index contributed by atoms with van der Waals surface area (Å²) >= 11 is 0. The lowest BCUT2D eigenvalue weighted by molar-refractivity contribution is 0.321. The first-order valence-corrected chi connectivity index (χ1v) is 4.57. The molecule has 0 spiro atoms. The van der Waals surface area contributed by atoms with Crippen LogP contribution in [0.2, 0.25) is 0 Å². The molecule has 0 N–H and O–H groups in total. The number of hydrogen-bond donors (Lipinski definition) is 0. The molecule has 13 heavy (non-hydrogen) atoms. The quantitative estimate of drug-likeness (QED) is 0.696. The zero-order chi connectivity index (χ0) is 9.84. The lowest BCUT2D eigenvalue weighted by atomic mass is 10.0. The fraction of sp³-hybridized carbons (Fsp3) is 0.455. The molecule has 0 atom stereocenters. The standard InChI is InChI=1S/C11H15FO/c1-4-13-11-7-9(8(2)3)5-6-10(11)12/h5-8H,4H2,1-3H3. The Bertz CT molecular complexity index is 281. The van der Waals surface area contributed by atoms with Crippen LogP contribution in [-0.4, -0.2) is 6.61 Å². The molecule has 72 valence electrons. The summed E-state index contributed by atoms with van der Waals surface area (Å²) in [5.74, 6) is 0.472. The van der Waals surface area contributed by atoms with E-state index in [1.165, 1.54) is 6.07 Å². The minimum atomic E-state index is -0.286. The van der Waals surface area contributed by atoms with E-state index >= 15 is 0 Å². The summed E-state index contributed by atoms with van der Waals surface area (Å²) < 4.78 is 18.2. The highest BCUT2D eigenvalue weighted by atomic mass is 19.1. The van der Waals surface area contributed by atoms with E-state index in [2.05, 4.69) is 13.8 Å². The van der Waals surface area contributed by atoms with Crippen molar-refractivity contribution >= 4 is 0 Å².